The van der Waals surface area contributed by atoms with E-state index in [0.717, 1.165) is 61.7 Å². The number of rotatable bonds is 4. The largest absolute Gasteiger partial charge is 0.341 e. The minimum absolute atomic E-state index is 0.136. The number of amides is 1. The second-order valence-electron chi connectivity index (χ2n) is 8.17. The van der Waals surface area contributed by atoms with Crippen LogP contribution in [0.4, 0.5) is 10.3 Å². The lowest BCUT2D eigenvalue weighted by molar-refractivity contribution is 0.0730. The fourth-order valence-electron chi connectivity index (χ4n) is 4.69. The molecule has 0 spiro atoms. The highest BCUT2D eigenvalue weighted by Gasteiger charge is 2.35. The molecule has 160 valence electrons. The summed E-state index contributed by atoms with van der Waals surface area (Å²) in [5, 5.41) is 4.49. The lowest BCUT2D eigenvalue weighted by atomic mass is 10.0. The molecule has 4 heterocycles. The summed E-state index contributed by atoms with van der Waals surface area (Å²) in [6.07, 6.45) is 7.64. The molecule has 1 unspecified atom stereocenters. The van der Waals surface area contributed by atoms with Crippen LogP contribution in [0.1, 0.15) is 47.8 Å². The number of nitrogens with zero attached hydrogens (tertiary/aromatic N) is 6. The van der Waals surface area contributed by atoms with Gasteiger partial charge in [0.2, 0.25) is 5.95 Å². The van der Waals surface area contributed by atoms with Crippen LogP contribution in [0, 0.1) is 5.82 Å². The minimum atomic E-state index is -0.404. The van der Waals surface area contributed by atoms with E-state index in [0.29, 0.717) is 12.1 Å². The van der Waals surface area contributed by atoms with Crippen molar-refractivity contribution >= 4 is 11.9 Å². The Morgan fingerprint density at radius 3 is 2.77 bits per heavy atom. The lowest BCUT2D eigenvalue weighted by Crippen LogP contribution is -2.32. The smallest absolute Gasteiger partial charge is 0.254 e. The van der Waals surface area contributed by atoms with Crippen LogP contribution in [0.3, 0.4) is 0 Å². The minimum Gasteiger partial charge on any atom is -0.341 e. The molecule has 2 aliphatic heterocycles. The second-order valence-corrected chi connectivity index (χ2v) is 8.17. The van der Waals surface area contributed by atoms with Crippen molar-refractivity contribution in [3.05, 3.63) is 59.8 Å². The second kappa shape index (κ2) is 8.09. The van der Waals surface area contributed by atoms with Crippen LogP contribution in [-0.4, -0.2) is 50.2 Å². The van der Waals surface area contributed by atoms with Gasteiger partial charge in [-0.1, -0.05) is 6.07 Å². The van der Waals surface area contributed by atoms with Crippen LogP contribution in [0.5, 0.6) is 0 Å². The fourth-order valence-corrected chi connectivity index (χ4v) is 4.69. The third-order valence-electron chi connectivity index (χ3n) is 6.19. The van der Waals surface area contributed by atoms with E-state index in [2.05, 4.69) is 15.0 Å². The van der Waals surface area contributed by atoms with Crippen LogP contribution in [0.15, 0.2) is 42.7 Å². The molecule has 0 radical (unpaired) electrons. The van der Waals surface area contributed by atoms with E-state index in [1.807, 2.05) is 28.9 Å². The Morgan fingerprint density at radius 2 is 1.97 bits per heavy atom. The first-order valence-electron chi connectivity index (χ1n) is 10.8. The van der Waals surface area contributed by atoms with Gasteiger partial charge < -0.3 is 9.80 Å². The molecule has 5 rings (SSSR count). The molecule has 0 bridgehead atoms. The number of carbonyl (C=O) groups is 1. The van der Waals surface area contributed by atoms with Crippen LogP contribution in [0.2, 0.25) is 0 Å². The van der Waals surface area contributed by atoms with Crippen LogP contribution in [-0.2, 0) is 7.05 Å². The Hall–Kier alpha value is -3.29. The molecule has 2 aromatic heterocycles. The zero-order valence-corrected chi connectivity index (χ0v) is 17.5. The van der Waals surface area contributed by atoms with E-state index in [4.69, 9.17) is 4.98 Å². The maximum Gasteiger partial charge on any atom is 0.254 e. The van der Waals surface area contributed by atoms with Crippen molar-refractivity contribution in [1.29, 1.82) is 0 Å². The summed E-state index contributed by atoms with van der Waals surface area (Å²) >= 11 is 0. The SMILES string of the molecule is Cn1ncc(-c2ccnc(N3CCCC3)n2)c1C1CCCN1C(=O)c1cccc(F)c1. The maximum absolute atomic E-state index is 13.7. The molecule has 2 saturated heterocycles. The lowest BCUT2D eigenvalue weighted by Gasteiger charge is -2.26. The van der Waals surface area contributed by atoms with Gasteiger partial charge in [-0.25, -0.2) is 14.4 Å². The highest BCUT2D eigenvalue weighted by atomic mass is 19.1. The van der Waals surface area contributed by atoms with Gasteiger partial charge in [0.1, 0.15) is 5.82 Å². The zero-order chi connectivity index (χ0) is 21.4. The molecule has 3 aromatic rings. The standard InChI is InChI=1S/C23H25FN6O/c1-28-21(20-8-5-13-30(20)22(31)16-6-4-7-17(24)14-16)18(15-26-28)19-9-10-25-23(27-19)29-11-2-3-12-29/h4,6-7,9-10,14-15,20H,2-3,5,8,11-13H2,1H3. The van der Waals surface area contributed by atoms with E-state index in [-0.39, 0.29) is 11.9 Å². The predicted molar refractivity (Wildman–Crippen MR) is 115 cm³/mol. The topological polar surface area (TPSA) is 67.2 Å². The molecule has 1 amide bonds. The summed E-state index contributed by atoms with van der Waals surface area (Å²) < 4.78 is 15.5. The number of aryl methyl sites for hydroxylation is 1. The summed E-state index contributed by atoms with van der Waals surface area (Å²) in [6.45, 7) is 2.58. The number of likely N-dealkylation sites (tertiary alicyclic amines) is 1. The first-order chi connectivity index (χ1) is 15.1. The molecule has 2 fully saturated rings. The number of aromatic nitrogens is 4. The van der Waals surface area contributed by atoms with Crippen molar-refractivity contribution in [2.45, 2.75) is 31.7 Å². The van der Waals surface area contributed by atoms with Crippen LogP contribution >= 0.6 is 0 Å². The highest BCUT2D eigenvalue weighted by Crippen LogP contribution is 2.38. The third-order valence-corrected chi connectivity index (χ3v) is 6.19. The van der Waals surface area contributed by atoms with Gasteiger partial charge in [-0.05, 0) is 49.9 Å². The molecule has 7 nitrogen and oxygen atoms in total. The Balaban J connectivity index is 1.49. The molecular weight excluding hydrogens is 395 g/mol. The Kier molecular flexibility index (Phi) is 5.13. The summed E-state index contributed by atoms with van der Waals surface area (Å²) in [5.41, 5.74) is 3.04. The Morgan fingerprint density at radius 1 is 1.13 bits per heavy atom. The fraction of sp³-hybridized carbons (Fsp3) is 0.391. The van der Waals surface area contributed by atoms with E-state index >= 15 is 0 Å². The van der Waals surface area contributed by atoms with Crippen LogP contribution in [0.25, 0.3) is 11.3 Å². The van der Waals surface area contributed by atoms with Crippen molar-refractivity contribution in [1.82, 2.24) is 24.6 Å². The number of halogens is 1. The zero-order valence-electron chi connectivity index (χ0n) is 17.5. The van der Waals surface area contributed by atoms with Crippen molar-refractivity contribution < 1.29 is 9.18 Å². The molecule has 2 aliphatic rings. The van der Waals surface area contributed by atoms with Gasteiger partial charge in [-0.2, -0.15) is 5.10 Å². The van der Waals surface area contributed by atoms with Crippen molar-refractivity contribution in [3.8, 4) is 11.3 Å². The molecule has 1 aromatic carbocycles. The summed E-state index contributed by atoms with van der Waals surface area (Å²) in [6, 6.07) is 7.65. The average molecular weight is 420 g/mol. The molecule has 0 N–H and O–H groups in total. The number of carbonyl (C=O) groups excluding carboxylic acids is 1. The first kappa shape index (κ1) is 19.7. The number of benzene rings is 1. The van der Waals surface area contributed by atoms with E-state index in [9.17, 15) is 9.18 Å². The normalized spacial score (nSPS) is 18.7. The predicted octanol–water partition coefficient (Wildman–Crippen LogP) is 3.59. The van der Waals surface area contributed by atoms with Gasteiger partial charge in [0.15, 0.2) is 0 Å². The van der Waals surface area contributed by atoms with Gasteiger partial charge in [0, 0.05) is 44.0 Å². The van der Waals surface area contributed by atoms with E-state index < -0.39 is 5.82 Å². The Bertz CT molecular complexity index is 1110. The molecule has 0 saturated carbocycles. The van der Waals surface area contributed by atoms with Gasteiger partial charge in [0.25, 0.3) is 5.91 Å². The van der Waals surface area contributed by atoms with E-state index in [1.54, 1.807) is 18.3 Å². The van der Waals surface area contributed by atoms with Gasteiger partial charge >= 0.3 is 0 Å². The maximum atomic E-state index is 13.7. The Labute approximate surface area is 180 Å². The number of hydrogen-bond acceptors (Lipinski definition) is 5. The van der Waals surface area contributed by atoms with E-state index in [1.165, 1.54) is 12.1 Å². The van der Waals surface area contributed by atoms with Crippen molar-refractivity contribution in [3.63, 3.8) is 0 Å². The van der Waals surface area contributed by atoms with Gasteiger partial charge in [-0.3, -0.25) is 9.48 Å². The average Bonchev–Trinajstić information content (AvgIpc) is 3.54. The molecular formula is C23H25FN6O. The monoisotopic (exact) mass is 420 g/mol. The molecule has 31 heavy (non-hydrogen) atoms. The summed E-state index contributed by atoms with van der Waals surface area (Å²) in [7, 11) is 1.89. The number of hydrogen-bond donors (Lipinski definition) is 0. The first-order valence-corrected chi connectivity index (χ1v) is 10.8. The van der Waals surface area contributed by atoms with Crippen molar-refractivity contribution in [2.75, 3.05) is 24.5 Å². The summed E-state index contributed by atoms with van der Waals surface area (Å²) in [4.78, 5) is 26.5. The van der Waals surface area contributed by atoms with Gasteiger partial charge in [0.05, 0.1) is 23.6 Å². The van der Waals surface area contributed by atoms with Crippen molar-refractivity contribution in [2.24, 2.45) is 7.05 Å². The van der Waals surface area contributed by atoms with Crippen LogP contribution < -0.4 is 4.90 Å². The third kappa shape index (κ3) is 3.66. The highest BCUT2D eigenvalue weighted by molar-refractivity contribution is 5.94. The quantitative estimate of drug-likeness (QED) is 0.645. The van der Waals surface area contributed by atoms with Gasteiger partial charge in [-0.15, -0.1) is 0 Å². The summed E-state index contributed by atoms with van der Waals surface area (Å²) in [5.74, 6) is 0.178. The molecule has 0 aliphatic carbocycles. The number of anilines is 1. The molecule has 1 atom stereocenters. The molecule has 8 heteroatoms.